The van der Waals surface area contributed by atoms with E-state index in [4.69, 9.17) is 18.9 Å². The second-order valence-corrected chi connectivity index (χ2v) is 7.89. The van der Waals surface area contributed by atoms with Crippen molar-refractivity contribution < 1.29 is 23.7 Å². The average molecular weight is 340 g/mol. The van der Waals surface area contributed by atoms with Gasteiger partial charge in [-0.1, -0.05) is 19.3 Å². The number of unbranched alkanes of at least 4 members (excludes halogenated alkanes) is 2. The number of carbonyl (C=O) groups excluding carboxylic acids is 1. The molecule has 3 fully saturated rings. The van der Waals surface area contributed by atoms with Crippen molar-refractivity contribution in [2.75, 3.05) is 6.61 Å². The fraction of sp³-hybridized carbons (Fsp3) is 0.947. The van der Waals surface area contributed by atoms with Gasteiger partial charge in [-0.3, -0.25) is 0 Å². The third-order valence-corrected chi connectivity index (χ3v) is 5.41. The fourth-order valence-corrected chi connectivity index (χ4v) is 4.11. The summed E-state index contributed by atoms with van der Waals surface area (Å²) < 4.78 is 23.3. The standard InChI is InChI=1S/C19H32O5/c1-19(2)21-13-16(24-19)7-5-3-4-6-14-8-10-17(22-14)18-11-9-15(12-20)23-18/h12,14-18H,3-11,13H2,1-2H3/t14?,15?,16-,17?,18?/m1/s1. The summed E-state index contributed by atoms with van der Waals surface area (Å²) in [6.45, 7) is 4.68. The van der Waals surface area contributed by atoms with Crippen LogP contribution in [0.4, 0.5) is 0 Å². The summed E-state index contributed by atoms with van der Waals surface area (Å²) >= 11 is 0. The first-order chi connectivity index (χ1) is 11.6. The van der Waals surface area contributed by atoms with Crippen molar-refractivity contribution in [3.8, 4) is 0 Å². The number of hydrogen-bond acceptors (Lipinski definition) is 5. The molecule has 0 spiro atoms. The van der Waals surface area contributed by atoms with Crippen molar-refractivity contribution in [2.45, 2.75) is 108 Å². The van der Waals surface area contributed by atoms with Gasteiger partial charge >= 0.3 is 0 Å². The summed E-state index contributed by atoms with van der Waals surface area (Å²) in [6, 6.07) is 0. The smallest absolute Gasteiger partial charge is 0.163 e. The molecule has 0 N–H and O–H groups in total. The zero-order valence-corrected chi connectivity index (χ0v) is 15.1. The quantitative estimate of drug-likeness (QED) is 0.501. The number of ether oxygens (including phenoxy) is 4. The second kappa shape index (κ2) is 8.26. The van der Waals surface area contributed by atoms with Crippen LogP contribution in [0.5, 0.6) is 0 Å². The molecule has 0 aliphatic carbocycles. The molecular formula is C19H32O5. The Hall–Kier alpha value is -0.490. The van der Waals surface area contributed by atoms with Crippen LogP contribution in [0.3, 0.4) is 0 Å². The van der Waals surface area contributed by atoms with Crippen molar-refractivity contribution in [3.63, 3.8) is 0 Å². The van der Waals surface area contributed by atoms with Crippen molar-refractivity contribution in [3.05, 3.63) is 0 Å². The van der Waals surface area contributed by atoms with Crippen LogP contribution < -0.4 is 0 Å². The minimum atomic E-state index is -0.400. The third kappa shape index (κ3) is 5.01. The Morgan fingerprint density at radius 2 is 1.62 bits per heavy atom. The van der Waals surface area contributed by atoms with Crippen LogP contribution in [0.1, 0.15) is 71.6 Å². The SMILES string of the molecule is CC1(C)OC[C@@H](CCCCCC2CCC(C3CCC(C=O)O3)O2)O1. The third-order valence-electron chi connectivity index (χ3n) is 5.41. The Bertz CT molecular complexity index is 411. The predicted molar refractivity (Wildman–Crippen MR) is 89.8 cm³/mol. The highest BCUT2D eigenvalue weighted by Gasteiger charge is 2.37. The van der Waals surface area contributed by atoms with Crippen molar-refractivity contribution in [2.24, 2.45) is 0 Å². The number of carbonyl (C=O) groups is 1. The molecule has 3 rings (SSSR count). The Morgan fingerprint density at radius 3 is 2.29 bits per heavy atom. The molecule has 138 valence electrons. The number of hydrogen-bond donors (Lipinski definition) is 0. The van der Waals surface area contributed by atoms with Gasteiger partial charge in [0.25, 0.3) is 0 Å². The van der Waals surface area contributed by atoms with E-state index < -0.39 is 5.79 Å². The molecule has 3 aliphatic heterocycles. The van der Waals surface area contributed by atoms with Gasteiger partial charge in [0.15, 0.2) is 5.79 Å². The van der Waals surface area contributed by atoms with Crippen LogP contribution in [0, 0.1) is 0 Å². The summed E-state index contributed by atoms with van der Waals surface area (Å²) in [5.74, 6) is -0.400. The fourth-order valence-electron chi connectivity index (χ4n) is 4.11. The predicted octanol–water partition coefficient (Wildman–Crippen LogP) is 3.38. The van der Waals surface area contributed by atoms with Crippen LogP contribution in [0.15, 0.2) is 0 Å². The molecular weight excluding hydrogens is 308 g/mol. The molecule has 4 unspecified atom stereocenters. The Labute approximate surface area is 145 Å². The summed E-state index contributed by atoms with van der Waals surface area (Å²) in [4.78, 5) is 10.8. The van der Waals surface area contributed by atoms with Crippen molar-refractivity contribution >= 4 is 6.29 Å². The molecule has 3 aliphatic rings. The Balaban J connectivity index is 1.24. The molecule has 24 heavy (non-hydrogen) atoms. The summed E-state index contributed by atoms with van der Waals surface area (Å²) in [6.07, 6.45) is 11.5. The number of rotatable bonds is 8. The molecule has 0 radical (unpaired) electrons. The van der Waals surface area contributed by atoms with E-state index in [2.05, 4.69) is 0 Å². The van der Waals surface area contributed by atoms with Crippen LogP contribution >= 0.6 is 0 Å². The van der Waals surface area contributed by atoms with E-state index in [1.54, 1.807) is 0 Å². The van der Waals surface area contributed by atoms with Gasteiger partial charge in [-0.05, 0) is 52.4 Å². The van der Waals surface area contributed by atoms with Crippen molar-refractivity contribution in [1.82, 2.24) is 0 Å². The largest absolute Gasteiger partial charge is 0.372 e. The molecule has 3 heterocycles. The van der Waals surface area contributed by atoms with Crippen LogP contribution in [-0.2, 0) is 23.7 Å². The van der Waals surface area contributed by atoms with Gasteiger partial charge in [0.1, 0.15) is 12.4 Å². The maximum atomic E-state index is 10.8. The minimum Gasteiger partial charge on any atom is -0.372 e. The summed E-state index contributed by atoms with van der Waals surface area (Å²) in [5, 5.41) is 0. The van der Waals surface area contributed by atoms with Gasteiger partial charge in [0.2, 0.25) is 0 Å². The van der Waals surface area contributed by atoms with E-state index in [9.17, 15) is 4.79 Å². The first-order valence-corrected chi connectivity index (χ1v) is 9.64. The average Bonchev–Trinajstić information content (AvgIpc) is 3.26. The minimum absolute atomic E-state index is 0.132. The highest BCUT2D eigenvalue weighted by molar-refractivity contribution is 5.56. The molecule has 5 nitrogen and oxygen atoms in total. The van der Waals surface area contributed by atoms with E-state index in [-0.39, 0.29) is 24.4 Å². The summed E-state index contributed by atoms with van der Waals surface area (Å²) in [7, 11) is 0. The second-order valence-electron chi connectivity index (χ2n) is 7.89. The molecule has 0 aromatic rings. The lowest BCUT2D eigenvalue weighted by Crippen LogP contribution is -2.27. The van der Waals surface area contributed by atoms with Crippen LogP contribution in [-0.4, -0.2) is 49.2 Å². The molecule has 5 heteroatoms. The molecule has 0 bridgehead atoms. The van der Waals surface area contributed by atoms with Gasteiger partial charge in [0, 0.05) is 0 Å². The zero-order valence-electron chi connectivity index (χ0n) is 15.1. The van der Waals surface area contributed by atoms with Crippen molar-refractivity contribution in [1.29, 1.82) is 0 Å². The molecule has 3 saturated heterocycles. The molecule has 0 aromatic carbocycles. The lowest BCUT2D eigenvalue weighted by atomic mass is 10.0. The maximum Gasteiger partial charge on any atom is 0.163 e. The highest BCUT2D eigenvalue weighted by Crippen LogP contribution is 2.32. The summed E-state index contributed by atoms with van der Waals surface area (Å²) in [5.41, 5.74) is 0. The first-order valence-electron chi connectivity index (χ1n) is 9.64. The lowest BCUT2D eigenvalue weighted by molar-refractivity contribution is -0.139. The highest BCUT2D eigenvalue weighted by atomic mass is 16.7. The zero-order chi connectivity index (χ0) is 17.0. The molecule has 0 amide bonds. The topological polar surface area (TPSA) is 54.0 Å². The van der Waals surface area contributed by atoms with Gasteiger partial charge in [-0.2, -0.15) is 0 Å². The van der Waals surface area contributed by atoms with Gasteiger partial charge in [-0.15, -0.1) is 0 Å². The van der Waals surface area contributed by atoms with E-state index >= 15 is 0 Å². The van der Waals surface area contributed by atoms with Crippen LogP contribution in [0.2, 0.25) is 0 Å². The van der Waals surface area contributed by atoms with Gasteiger partial charge in [-0.25, -0.2) is 0 Å². The molecule has 0 aromatic heterocycles. The van der Waals surface area contributed by atoms with E-state index in [1.807, 2.05) is 13.8 Å². The maximum absolute atomic E-state index is 10.8. The van der Waals surface area contributed by atoms with E-state index in [0.29, 0.717) is 6.10 Å². The normalized spacial score (nSPS) is 38.7. The monoisotopic (exact) mass is 340 g/mol. The van der Waals surface area contributed by atoms with Crippen LogP contribution in [0.25, 0.3) is 0 Å². The molecule has 5 atom stereocenters. The first kappa shape index (κ1) is 18.3. The number of aldehydes is 1. The van der Waals surface area contributed by atoms with E-state index in [0.717, 1.165) is 51.4 Å². The molecule has 0 saturated carbocycles. The van der Waals surface area contributed by atoms with Gasteiger partial charge in [0.05, 0.1) is 31.0 Å². The van der Waals surface area contributed by atoms with Gasteiger partial charge < -0.3 is 23.7 Å². The Kier molecular flexibility index (Phi) is 6.30. The van der Waals surface area contributed by atoms with E-state index in [1.165, 1.54) is 19.3 Å². The Morgan fingerprint density at radius 1 is 0.917 bits per heavy atom. The lowest BCUT2D eigenvalue weighted by Gasteiger charge is -2.19.